The third kappa shape index (κ3) is 6.00. The van der Waals surface area contributed by atoms with Crippen LogP contribution in [0.25, 0.3) is 0 Å². The summed E-state index contributed by atoms with van der Waals surface area (Å²) in [7, 11) is 3.98. The predicted octanol–water partition coefficient (Wildman–Crippen LogP) is 1.29. The summed E-state index contributed by atoms with van der Waals surface area (Å²) in [5.74, 6) is -1.01. The van der Waals surface area contributed by atoms with Crippen LogP contribution in [0.15, 0.2) is 0 Å². The molecule has 0 saturated heterocycles. The second-order valence-electron chi connectivity index (χ2n) is 5.50. The molecule has 18 heavy (non-hydrogen) atoms. The fourth-order valence-corrected chi connectivity index (χ4v) is 1.60. The summed E-state index contributed by atoms with van der Waals surface area (Å²) >= 11 is 0. The second-order valence-corrected chi connectivity index (χ2v) is 5.50. The van der Waals surface area contributed by atoms with Crippen molar-refractivity contribution in [3.63, 3.8) is 0 Å². The van der Waals surface area contributed by atoms with E-state index in [0.29, 0.717) is 13.1 Å². The molecule has 0 aromatic carbocycles. The molecule has 1 N–H and O–H groups in total. The summed E-state index contributed by atoms with van der Waals surface area (Å²) in [5, 5.41) is 9.02. The van der Waals surface area contributed by atoms with Gasteiger partial charge in [0.1, 0.15) is 0 Å². The molecule has 0 saturated carbocycles. The molecule has 0 aliphatic rings. The Balaban J connectivity index is 4.31. The Hall–Kier alpha value is -1.10. The Morgan fingerprint density at radius 3 is 2.11 bits per heavy atom. The third-order valence-electron chi connectivity index (χ3n) is 2.94. The zero-order valence-electron chi connectivity index (χ0n) is 12.2. The van der Waals surface area contributed by atoms with Crippen LogP contribution >= 0.6 is 0 Å². The SMILES string of the molecule is CCN(CCCN(C)C)C(=O)CC(C)(C)C(=O)O. The molecule has 0 aliphatic carbocycles. The fourth-order valence-electron chi connectivity index (χ4n) is 1.60. The van der Waals surface area contributed by atoms with Crippen LogP contribution in [-0.2, 0) is 9.59 Å². The molecule has 1 amide bonds. The van der Waals surface area contributed by atoms with Gasteiger partial charge in [-0.05, 0) is 47.8 Å². The van der Waals surface area contributed by atoms with Crippen molar-refractivity contribution in [2.75, 3.05) is 33.7 Å². The summed E-state index contributed by atoms with van der Waals surface area (Å²) in [6, 6.07) is 0. The van der Waals surface area contributed by atoms with Gasteiger partial charge in [-0.25, -0.2) is 0 Å². The zero-order valence-corrected chi connectivity index (χ0v) is 12.2. The number of hydrogen-bond donors (Lipinski definition) is 1. The number of carbonyl (C=O) groups is 2. The second kappa shape index (κ2) is 7.36. The van der Waals surface area contributed by atoms with Crippen LogP contribution in [0, 0.1) is 5.41 Å². The first-order valence-electron chi connectivity index (χ1n) is 6.36. The highest BCUT2D eigenvalue weighted by molar-refractivity contribution is 5.84. The maximum atomic E-state index is 12.0. The van der Waals surface area contributed by atoms with Gasteiger partial charge in [0.15, 0.2) is 0 Å². The molecule has 0 unspecified atom stereocenters. The average molecular weight is 258 g/mol. The summed E-state index contributed by atoms with van der Waals surface area (Å²) in [6.45, 7) is 7.32. The molecule has 0 aromatic rings. The topological polar surface area (TPSA) is 60.9 Å². The Bertz CT molecular complexity index is 288. The van der Waals surface area contributed by atoms with E-state index in [2.05, 4.69) is 4.90 Å². The largest absolute Gasteiger partial charge is 0.481 e. The van der Waals surface area contributed by atoms with Crippen LogP contribution in [0.2, 0.25) is 0 Å². The molecule has 0 fully saturated rings. The number of carboxylic acid groups (broad SMARTS) is 1. The summed E-state index contributed by atoms with van der Waals surface area (Å²) in [4.78, 5) is 26.8. The standard InChI is InChI=1S/C13H26N2O3/c1-6-15(9-7-8-14(4)5)11(16)10-13(2,3)12(17)18/h6-10H2,1-5H3,(H,17,18). The summed E-state index contributed by atoms with van der Waals surface area (Å²) in [5.41, 5.74) is -0.994. The Morgan fingerprint density at radius 1 is 1.17 bits per heavy atom. The van der Waals surface area contributed by atoms with Gasteiger partial charge in [-0.3, -0.25) is 9.59 Å². The maximum absolute atomic E-state index is 12.0. The van der Waals surface area contributed by atoms with Crippen molar-refractivity contribution in [3.05, 3.63) is 0 Å². The van der Waals surface area contributed by atoms with Gasteiger partial charge in [-0.2, -0.15) is 0 Å². The molecule has 0 bridgehead atoms. The molecule has 5 nitrogen and oxygen atoms in total. The van der Waals surface area contributed by atoms with E-state index in [1.165, 1.54) is 0 Å². The highest BCUT2D eigenvalue weighted by atomic mass is 16.4. The van der Waals surface area contributed by atoms with Gasteiger partial charge in [-0.15, -0.1) is 0 Å². The van der Waals surface area contributed by atoms with Crippen LogP contribution in [0.4, 0.5) is 0 Å². The van der Waals surface area contributed by atoms with E-state index in [1.54, 1.807) is 18.7 Å². The molecule has 0 spiro atoms. The minimum absolute atomic E-state index is 0.0537. The predicted molar refractivity (Wildman–Crippen MR) is 71.5 cm³/mol. The van der Waals surface area contributed by atoms with Gasteiger partial charge >= 0.3 is 5.97 Å². The van der Waals surface area contributed by atoms with E-state index in [0.717, 1.165) is 13.0 Å². The monoisotopic (exact) mass is 258 g/mol. The molecule has 0 aliphatic heterocycles. The van der Waals surface area contributed by atoms with Crippen molar-refractivity contribution in [1.29, 1.82) is 0 Å². The molecule has 0 heterocycles. The van der Waals surface area contributed by atoms with E-state index in [1.807, 2.05) is 21.0 Å². The van der Waals surface area contributed by atoms with E-state index >= 15 is 0 Å². The number of amides is 1. The molecule has 0 rings (SSSR count). The highest BCUT2D eigenvalue weighted by Gasteiger charge is 2.31. The number of carbonyl (C=O) groups excluding carboxylic acids is 1. The average Bonchev–Trinajstić information content (AvgIpc) is 2.22. The fraction of sp³-hybridized carbons (Fsp3) is 0.846. The Labute approximate surface area is 110 Å². The van der Waals surface area contributed by atoms with Crippen molar-refractivity contribution < 1.29 is 14.7 Å². The molecule has 5 heteroatoms. The number of nitrogens with zero attached hydrogens (tertiary/aromatic N) is 2. The number of rotatable bonds is 8. The zero-order chi connectivity index (χ0) is 14.3. The quantitative estimate of drug-likeness (QED) is 0.712. The smallest absolute Gasteiger partial charge is 0.309 e. The van der Waals surface area contributed by atoms with Crippen LogP contribution in [0.3, 0.4) is 0 Å². The third-order valence-corrected chi connectivity index (χ3v) is 2.94. The molecule has 0 aromatic heterocycles. The number of carboxylic acids is 1. The van der Waals surface area contributed by atoms with E-state index in [-0.39, 0.29) is 12.3 Å². The van der Waals surface area contributed by atoms with Crippen LogP contribution in [0.5, 0.6) is 0 Å². The van der Waals surface area contributed by atoms with Crippen molar-refractivity contribution >= 4 is 11.9 Å². The van der Waals surface area contributed by atoms with Gasteiger partial charge in [0.25, 0.3) is 0 Å². The lowest BCUT2D eigenvalue weighted by molar-refractivity contribution is -0.151. The maximum Gasteiger partial charge on any atom is 0.309 e. The van der Waals surface area contributed by atoms with Crippen LogP contribution in [0.1, 0.15) is 33.6 Å². The first-order valence-corrected chi connectivity index (χ1v) is 6.36. The van der Waals surface area contributed by atoms with Gasteiger partial charge < -0.3 is 14.9 Å². The summed E-state index contributed by atoms with van der Waals surface area (Å²) in [6.07, 6.45) is 0.957. The van der Waals surface area contributed by atoms with Crippen molar-refractivity contribution in [1.82, 2.24) is 9.80 Å². The lowest BCUT2D eigenvalue weighted by atomic mass is 9.89. The molecule has 0 radical (unpaired) electrons. The van der Waals surface area contributed by atoms with Gasteiger partial charge in [0.2, 0.25) is 5.91 Å². The highest BCUT2D eigenvalue weighted by Crippen LogP contribution is 2.21. The summed E-state index contributed by atoms with van der Waals surface area (Å²) < 4.78 is 0. The van der Waals surface area contributed by atoms with E-state index in [9.17, 15) is 9.59 Å². The van der Waals surface area contributed by atoms with Crippen molar-refractivity contribution in [3.8, 4) is 0 Å². The Morgan fingerprint density at radius 2 is 1.72 bits per heavy atom. The van der Waals surface area contributed by atoms with Crippen molar-refractivity contribution in [2.24, 2.45) is 5.41 Å². The lowest BCUT2D eigenvalue weighted by Gasteiger charge is -2.26. The molecular weight excluding hydrogens is 232 g/mol. The first-order chi connectivity index (χ1) is 8.20. The first kappa shape index (κ1) is 16.9. The van der Waals surface area contributed by atoms with Crippen molar-refractivity contribution in [2.45, 2.75) is 33.6 Å². The Kier molecular flexibility index (Phi) is 6.91. The van der Waals surface area contributed by atoms with Crippen LogP contribution < -0.4 is 0 Å². The molecule has 0 atom stereocenters. The van der Waals surface area contributed by atoms with E-state index < -0.39 is 11.4 Å². The van der Waals surface area contributed by atoms with Gasteiger partial charge in [0.05, 0.1) is 5.41 Å². The molecule has 106 valence electrons. The lowest BCUT2D eigenvalue weighted by Crippen LogP contribution is -2.38. The van der Waals surface area contributed by atoms with E-state index in [4.69, 9.17) is 5.11 Å². The minimum atomic E-state index is -0.994. The van der Waals surface area contributed by atoms with Gasteiger partial charge in [0, 0.05) is 19.5 Å². The number of hydrogen-bond acceptors (Lipinski definition) is 3. The van der Waals surface area contributed by atoms with Gasteiger partial charge in [-0.1, -0.05) is 0 Å². The normalized spacial score (nSPS) is 11.7. The van der Waals surface area contributed by atoms with Crippen LogP contribution in [-0.4, -0.2) is 60.5 Å². The number of aliphatic carboxylic acids is 1. The molecular formula is C13H26N2O3. The minimum Gasteiger partial charge on any atom is -0.481 e.